The predicted octanol–water partition coefficient (Wildman–Crippen LogP) is 3.60. The Balaban J connectivity index is 1.82. The van der Waals surface area contributed by atoms with E-state index < -0.39 is 15.9 Å². The van der Waals surface area contributed by atoms with Crippen LogP contribution in [0.1, 0.15) is 12.5 Å². The summed E-state index contributed by atoms with van der Waals surface area (Å²) in [5.74, 6) is 0.195. The summed E-state index contributed by atoms with van der Waals surface area (Å²) in [5, 5.41) is 2.78. The molecule has 0 radical (unpaired) electrons. The fourth-order valence-electron chi connectivity index (χ4n) is 2.89. The molecular weight excluding hydrogens is 400 g/mol. The van der Waals surface area contributed by atoms with Gasteiger partial charge in [0.1, 0.15) is 12.3 Å². The Labute approximate surface area is 177 Å². The van der Waals surface area contributed by atoms with Crippen LogP contribution in [-0.4, -0.2) is 27.5 Å². The van der Waals surface area contributed by atoms with E-state index in [1.807, 2.05) is 37.3 Å². The zero-order valence-corrected chi connectivity index (χ0v) is 17.5. The lowest BCUT2D eigenvalue weighted by atomic mass is 10.2. The summed E-state index contributed by atoms with van der Waals surface area (Å²) in [6.45, 7) is 2.34. The number of hydrogen-bond donors (Lipinski definition) is 1. The second-order valence-electron chi connectivity index (χ2n) is 6.51. The van der Waals surface area contributed by atoms with Crippen LogP contribution in [0.3, 0.4) is 0 Å². The van der Waals surface area contributed by atoms with Crippen molar-refractivity contribution in [3.05, 3.63) is 90.5 Å². The quantitative estimate of drug-likeness (QED) is 0.570. The molecule has 3 aromatic rings. The number of rotatable bonds is 9. The molecule has 1 N–H and O–H groups in total. The summed E-state index contributed by atoms with van der Waals surface area (Å²) >= 11 is 0. The molecule has 3 rings (SSSR count). The van der Waals surface area contributed by atoms with E-state index in [2.05, 4.69) is 5.32 Å². The van der Waals surface area contributed by atoms with Gasteiger partial charge in [-0.1, -0.05) is 48.5 Å². The number of carbonyl (C=O) groups excluding carboxylic acids is 1. The van der Waals surface area contributed by atoms with Crippen molar-refractivity contribution in [2.75, 3.05) is 17.5 Å². The van der Waals surface area contributed by atoms with Gasteiger partial charge in [0.25, 0.3) is 10.0 Å². The first-order valence-electron chi connectivity index (χ1n) is 9.62. The maximum absolute atomic E-state index is 13.3. The van der Waals surface area contributed by atoms with Gasteiger partial charge in [0.15, 0.2) is 0 Å². The van der Waals surface area contributed by atoms with E-state index in [0.29, 0.717) is 24.6 Å². The minimum Gasteiger partial charge on any atom is -0.494 e. The van der Waals surface area contributed by atoms with Crippen molar-refractivity contribution in [3.8, 4) is 5.75 Å². The minimum absolute atomic E-state index is 0.0886. The van der Waals surface area contributed by atoms with Crippen LogP contribution in [0.15, 0.2) is 89.8 Å². The van der Waals surface area contributed by atoms with Crippen molar-refractivity contribution in [2.24, 2.45) is 0 Å². The Kier molecular flexibility index (Phi) is 7.08. The fraction of sp³-hybridized carbons (Fsp3) is 0.174. The third kappa shape index (κ3) is 5.39. The molecule has 3 aromatic carbocycles. The SMILES string of the molecule is CCOc1ccc(S(=O)(=O)N(CC(=O)NCc2ccccc2)c2ccccc2)cc1. The first-order chi connectivity index (χ1) is 14.5. The van der Waals surface area contributed by atoms with Crippen molar-refractivity contribution < 1.29 is 17.9 Å². The first-order valence-corrected chi connectivity index (χ1v) is 11.1. The fourth-order valence-corrected chi connectivity index (χ4v) is 4.31. The lowest BCUT2D eigenvalue weighted by molar-refractivity contribution is -0.119. The number of sulfonamides is 1. The zero-order chi connectivity index (χ0) is 21.4. The molecule has 0 bridgehead atoms. The van der Waals surface area contributed by atoms with E-state index in [0.717, 1.165) is 9.87 Å². The van der Waals surface area contributed by atoms with E-state index in [4.69, 9.17) is 4.74 Å². The Bertz CT molecular complexity index is 1050. The van der Waals surface area contributed by atoms with Gasteiger partial charge in [-0.25, -0.2) is 8.42 Å². The Morgan fingerprint density at radius 2 is 1.50 bits per heavy atom. The molecule has 1 amide bonds. The highest BCUT2D eigenvalue weighted by Crippen LogP contribution is 2.25. The Hall–Kier alpha value is -3.32. The monoisotopic (exact) mass is 424 g/mol. The lowest BCUT2D eigenvalue weighted by Crippen LogP contribution is -2.40. The highest BCUT2D eigenvalue weighted by molar-refractivity contribution is 7.92. The summed E-state index contributed by atoms with van der Waals surface area (Å²) in [6.07, 6.45) is 0. The van der Waals surface area contributed by atoms with Gasteiger partial charge >= 0.3 is 0 Å². The van der Waals surface area contributed by atoms with E-state index >= 15 is 0 Å². The summed E-state index contributed by atoms with van der Waals surface area (Å²) in [5.41, 5.74) is 1.35. The molecule has 156 valence electrons. The summed E-state index contributed by atoms with van der Waals surface area (Å²) in [4.78, 5) is 12.7. The molecule has 0 spiro atoms. The number of nitrogens with zero attached hydrogens (tertiary/aromatic N) is 1. The molecule has 0 saturated carbocycles. The normalized spacial score (nSPS) is 11.0. The average Bonchev–Trinajstić information content (AvgIpc) is 2.78. The molecule has 30 heavy (non-hydrogen) atoms. The minimum atomic E-state index is -3.95. The maximum Gasteiger partial charge on any atom is 0.264 e. The van der Waals surface area contributed by atoms with E-state index in [9.17, 15) is 13.2 Å². The molecule has 0 aromatic heterocycles. The van der Waals surface area contributed by atoms with Gasteiger partial charge in [0.05, 0.1) is 17.2 Å². The van der Waals surface area contributed by atoms with Crippen LogP contribution in [0.5, 0.6) is 5.75 Å². The summed E-state index contributed by atoms with van der Waals surface area (Å²) < 4.78 is 33.1. The number of amides is 1. The summed E-state index contributed by atoms with van der Waals surface area (Å²) in [7, 11) is -3.95. The van der Waals surface area contributed by atoms with Gasteiger partial charge in [0.2, 0.25) is 5.91 Å². The molecule has 7 heteroatoms. The number of hydrogen-bond acceptors (Lipinski definition) is 4. The number of nitrogens with one attached hydrogen (secondary N) is 1. The molecule has 0 unspecified atom stereocenters. The van der Waals surface area contributed by atoms with Gasteiger partial charge in [-0.15, -0.1) is 0 Å². The second-order valence-corrected chi connectivity index (χ2v) is 8.38. The van der Waals surface area contributed by atoms with Gasteiger partial charge in [-0.05, 0) is 48.9 Å². The summed E-state index contributed by atoms with van der Waals surface area (Å²) in [6, 6.07) is 24.2. The maximum atomic E-state index is 13.3. The first kappa shape index (κ1) is 21.4. The third-order valence-corrected chi connectivity index (χ3v) is 6.17. The van der Waals surface area contributed by atoms with Crippen LogP contribution < -0.4 is 14.4 Å². The standard InChI is InChI=1S/C23H24N2O4S/c1-2-29-21-13-15-22(16-14-21)30(27,28)25(20-11-7-4-8-12-20)18-23(26)24-17-19-9-5-3-6-10-19/h3-16H,2,17-18H2,1H3,(H,24,26). The predicted molar refractivity (Wildman–Crippen MR) is 117 cm³/mol. The Morgan fingerprint density at radius 3 is 2.10 bits per heavy atom. The van der Waals surface area contributed by atoms with E-state index in [-0.39, 0.29) is 11.4 Å². The number of ether oxygens (including phenoxy) is 1. The van der Waals surface area contributed by atoms with Crippen LogP contribution in [0.25, 0.3) is 0 Å². The molecule has 0 aliphatic rings. The number of anilines is 1. The van der Waals surface area contributed by atoms with Crippen LogP contribution >= 0.6 is 0 Å². The van der Waals surface area contributed by atoms with Gasteiger partial charge in [-0.2, -0.15) is 0 Å². The molecule has 0 heterocycles. The topological polar surface area (TPSA) is 75.7 Å². The van der Waals surface area contributed by atoms with Crippen LogP contribution in [-0.2, 0) is 21.4 Å². The average molecular weight is 425 g/mol. The van der Waals surface area contributed by atoms with Crippen molar-refractivity contribution in [1.29, 1.82) is 0 Å². The van der Waals surface area contributed by atoms with E-state index in [1.165, 1.54) is 12.1 Å². The number of carbonyl (C=O) groups is 1. The largest absolute Gasteiger partial charge is 0.494 e. The van der Waals surface area contributed by atoms with Crippen molar-refractivity contribution >= 4 is 21.6 Å². The molecule has 6 nitrogen and oxygen atoms in total. The van der Waals surface area contributed by atoms with Gasteiger partial charge < -0.3 is 10.1 Å². The van der Waals surface area contributed by atoms with Crippen molar-refractivity contribution in [2.45, 2.75) is 18.4 Å². The van der Waals surface area contributed by atoms with Gasteiger partial charge in [0, 0.05) is 6.54 Å². The number of benzene rings is 3. The molecule has 0 atom stereocenters. The van der Waals surface area contributed by atoms with Crippen LogP contribution in [0.4, 0.5) is 5.69 Å². The Morgan fingerprint density at radius 1 is 0.900 bits per heavy atom. The zero-order valence-electron chi connectivity index (χ0n) is 16.7. The lowest BCUT2D eigenvalue weighted by Gasteiger charge is -2.24. The van der Waals surface area contributed by atoms with Crippen LogP contribution in [0, 0.1) is 0 Å². The second kappa shape index (κ2) is 9.93. The highest BCUT2D eigenvalue weighted by atomic mass is 32.2. The molecule has 0 aliphatic carbocycles. The molecule has 0 aliphatic heterocycles. The van der Waals surface area contributed by atoms with Crippen molar-refractivity contribution in [1.82, 2.24) is 5.32 Å². The highest BCUT2D eigenvalue weighted by Gasteiger charge is 2.27. The molecule has 0 fully saturated rings. The molecular formula is C23H24N2O4S. The van der Waals surface area contributed by atoms with E-state index in [1.54, 1.807) is 42.5 Å². The number of para-hydroxylation sites is 1. The van der Waals surface area contributed by atoms with Crippen LogP contribution in [0.2, 0.25) is 0 Å². The third-order valence-electron chi connectivity index (χ3n) is 4.39. The molecule has 0 saturated heterocycles. The van der Waals surface area contributed by atoms with Gasteiger partial charge in [-0.3, -0.25) is 9.10 Å². The van der Waals surface area contributed by atoms with Crippen molar-refractivity contribution in [3.63, 3.8) is 0 Å². The smallest absolute Gasteiger partial charge is 0.264 e.